The van der Waals surface area contributed by atoms with Gasteiger partial charge in [-0.1, -0.05) is 35.9 Å². The van der Waals surface area contributed by atoms with Crippen LogP contribution in [0.3, 0.4) is 0 Å². The van der Waals surface area contributed by atoms with E-state index in [0.717, 1.165) is 16.9 Å². The molecule has 0 atom stereocenters. The number of carbonyl (C=O) groups excluding carboxylic acids is 1. The molecule has 1 heterocycles. The number of methoxy groups -OCH3 is 2. The lowest BCUT2D eigenvalue weighted by molar-refractivity contribution is 0.104. The molecule has 0 spiro atoms. The zero-order valence-electron chi connectivity index (χ0n) is 13.9. The number of fused-ring (bicyclic) bond motifs is 1. The second-order valence-corrected chi connectivity index (χ2v) is 5.84. The van der Waals surface area contributed by atoms with Crippen LogP contribution in [-0.4, -0.2) is 26.6 Å². The van der Waals surface area contributed by atoms with E-state index in [1.165, 1.54) is 20.3 Å². The molecule has 4 nitrogen and oxygen atoms in total. The number of rotatable bonds is 5. The molecule has 0 aromatic heterocycles. The van der Waals surface area contributed by atoms with Gasteiger partial charge >= 0.3 is 0 Å². The van der Waals surface area contributed by atoms with Crippen molar-refractivity contribution in [3.8, 4) is 17.2 Å². The van der Waals surface area contributed by atoms with Crippen LogP contribution in [0, 0.1) is 0 Å². The minimum Gasteiger partial charge on any atom is -0.496 e. The van der Waals surface area contributed by atoms with Crippen LogP contribution in [0.2, 0.25) is 5.02 Å². The number of hydrogen-bond acceptors (Lipinski definition) is 4. The van der Waals surface area contributed by atoms with E-state index in [1.807, 2.05) is 30.3 Å². The summed E-state index contributed by atoms with van der Waals surface area (Å²) < 4.78 is 16.1. The first-order valence-corrected chi connectivity index (χ1v) is 8.06. The highest BCUT2D eigenvalue weighted by Gasteiger charge is 2.15. The summed E-state index contributed by atoms with van der Waals surface area (Å²) in [4.78, 5) is 12.5. The fourth-order valence-electron chi connectivity index (χ4n) is 2.56. The molecule has 25 heavy (non-hydrogen) atoms. The van der Waals surface area contributed by atoms with Gasteiger partial charge in [0.05, 0.1) is 24.8 Å². The lowest BCUT2D eigenvalue weighted by Crippen LogP contribution is -2.06. The summed E-state index contributed by atoms with van der Waals surface area (Å²) in [5, 5.41) is 0.356. The molecule has 0 saturated carbocycles. The predicted octanol–water partition coefficient (Wildman–Crippen LogP) is 4.57. The molecular formula is C20H17ClO4. The molecule has 128 valence electrons. The van der Waals surface area contributed by atoms with Crippen LogP contribution in [0.5, 0.6) is 17.2 Å². The number of benzene rings is 2. The maximum Gasteiger partial charge on any atom is 0.189 e. The van der Waals surface area contributed by atoms with E-state index in [0.29, 0.717) is 28.7 Å². The third kappa shape index (κ3) is 3.69. The van der Waals surface area contributed by atoms with Crippen molar-refractivity contribution in [3.05, 3.63) is 70.3 Å². The predicted molar refractivity (Wildman–Crippen MR) is 97.9 cm³/mol. The molecule has 2 aromatic carbocycles. The molecule has 0 unspecified atom stereocenters. The van der Waals surface area contributed by atoms with Crippen molar-refractivity contribution in [2.45, 2.75) is 0 Å². The summed E-state index contributed by atoms with van der Waals surface area (Å²) >= 11 is 6.12. The molecule has 1 aliphatic heterocycles. The van der Waals surface area contributed by atoms with E-state index in [1.54, 1.807) is 18.2 Å². The van der Waals surface area contributed by atoms with E-state index < -0.39 is 0 Å². The Morgan fingerprint density at radius 2 is 1.92 bits per heavy atom. The Balaban J connectivity index is 1.84. The molecule has 0 radical (unpaired) electrons. The van der Waals surface area contributed by atoms with Crippen molar-refractivity contribution >= 4 is 23.5 Å². The van der Waals surface area contributed by atoms with Crippen molar-refractivity contribution in [1.82, 2.24) is 0 Å². The number of allylic oxidation sites excluding steroid dienone is 1. The van der Waals surface area contributed by atoms with Crippen molar-refractivity contribution in [1.29, 1.82) is 0 Å². The largest absolute Gasteiger partial charge is 0.496 e. The molecular weight excluding hydrogens is 340 g/mol. The summed E-state index contributed by atoms with van der Waals surface area (Å²) in [6.45, 7) is 0.418. The summed E-state index contributed by atoms with van der Waals surface area (Å²) in [5.74, 6) is 1.50. The Morgan fingerprint density at radius 3 is 2.68 bits per heavy atom. The molecule has 1 aliphatic rings. The first-order chi connectivity index (χ1) is 12.1. The highest BCUT2D eigenvalue weighted by atomic mass is 35.5. The average molecular weight is 357 g/mol. The SMILES string of the molecule is COc1cc(OC)c(C(=O)C=CC2=Cc3ccccc3OC2)cc1Cl. The van der Waals surface area contributed by atoms with Crippen molar-refractivity contribution in [2.75, 3.05) is 20.8 Å². The summed E-state index contributed by atoms with van der Waals surface area (Å²) in [5.41, 5.74) is 2.28. The first-order valence-electron chi connectivity index (χ1n) is 7.68. The maximum atomic E-state index is 12.5. The van der Waals surface area contributed by atoms with Gasteiger partial charge < -0.3 is 14.2 Å². The van der Waals surface area contributed by atoms with E-state index in [-0.39, 0.29) is 5.78 Å². The molecule has 0 amide bonds. The number of ketones is 1. The van der Waals surface area contributed by atoms with Crippen LogP contribution in [0.25, 0.3) is 6.08 Å². The van der Waals surface area contributed by atoms with Crippen LogP contribution in [-0.2, 0) is 0 Å². The van der Waals surface area contributed by atoms with Crippen LogP contribution in [0.4, 0.5) is 0 Å². The number of hydrogen-bond donors (Lipinski definition) is 0. The van der Waals surface area contributed by atoms with Gasteiger partial charge in [-0.15, -0.1) is 0 Å². The monoisotopic (exact) mass is 356 g/mol. The van der Waals surface area contributed by atoms with Gasteiger partial charge in [-0.3, -0.25) is 4.79 Å². The molecule has 0 fully saturated rings. The van der Waals surface area contributed by atoms with Crippen LogP contribution < -0.4 is 14.2 Å². The quantitative estimate of drug-likeness (QED) is 0.581. The fraction of sp³-hybridized carbons (Fsp3) is 0.150. The van der Waals surface area contributed by atoms with Crippen molar-refractivity contribution < 1.29 is 19.0 Å². The van der Waals surface area contributed by atoms with Gasteiger partial charge in [-0.05, 0) is 29.9 Å². The van der Waals surface area contributed by atoms with Gasteiger partial charge in [-0.25, -0.2) is 0 Å². The lowest BCUT2D eigenvalue weighted by Gasteiger charge is -2.15. The standard InChI is InChI=1S/C20H17ClO4/c1-23-19-11-20(24-2)16(21)10-15(19)17(22)8-7-13-9-14-5-3-4-6-18(14)25-12-13/h3-11H,12H2,1-2H3. The highest BCUT2D eigenvalue weighted by Crippen LogP contribution is 2.33. The number of halogens is 1. The van der Waals surface area contributed by atoms with Crippen LogP contribution >= 0.6 is 11.6 Å². The van der Waals surface area contributed by atoms with E-state index in [2.05, 4.69) is 0 Å². The van der Waals surface area contributed by atoms with Crippen molar-refractivity contribution in [2.24, 2.45) is 0 Å². The Labute approximate surface area is 151 Å². The lowest BCUT2D eigenvalue weighted by atomic mass is 10.0. The maximum absolute atomic E-state index is 12.5. The third-order valence-corrected chi connectivity index (χ3v) is 4.14. The zero-order valence-corrected chi connectivity index (χ0v) is 14.7. The second kappa shape index (κ2) is 7.45. The first kappa shape index (κ1) is 17.1. The van der Waals surface area contributed by atoms with Crippen molar-refractivity contribution in [3.63, 3.8) is 0 Å². The summed E-state index contributed by atoms with van der Waals surface area (Å²) in [7, 11) is 3.01. The average Bonchev–Trinajstić information content (AvgIpc) is 2.65. The van der Waals surface area contributed by atoms with Gasteiger partial charge in [0, 0.05) is 11.6 Å². The Morgan fingerprint density at radius 1 is 1.16 bits per heavy atom. The smallest absolute Gasteiger partial charge is 0.189 e. The summed E-state index contributed by atoms with van der Waals surface area (Å²) in [6.07, 6.45) is 5.24. The van der Waals surface area contributed by atoms with Gasteiger partial charge in [0.2, 0.25) is 0 Å². The minimum atomic E-state index is -0.207. The molecule has 3 rings (SSSR count). The topological polar surface area (TPSA) is 44.8 Å². The Hall–Kier alpha value is -2.72. The van der Waals surface area contributed by atoms with Gasteiger partial charge in [-0.2, -0.15) is 0 Å². The number of para-hydroxylation sites is 1. The molecule has 5 heteroatoms. The van der Waals surface area contributed by atoms with E-state index in [9.17, 15) is 4.79 Å². The van der Waals surface area contributed by atoms with Crippen LogP contribution in [0.15, 0.2) is 54.1 Å². The number of ether oxygens (including phenoxy) is 3. The summed E-state index contributed by atoms with van der Waals surface area (Å²) in [6, 6.07) is 10.9. The third-order valence-electron chi connectivity index (χ3n) is 3.84. The van der Waals surface area contributed by atoms with Crippen LogP contribution in [0.1, 0.15) is 15.9 Å². The second-order valence-electron chi connectivity index (χ2n) is 5.43. The van der Waals surface area contributed by atoms with E-state index in [4.69, 9.17) is 25.8 Å². The normalized spacial score (nSPS) is 13.0. The molecule has 0 aliphatic carbocycles. The Kier molecular flexibility index (Phi) is 5.10. The number of carbonyl (C=O) groups is 1. The highest BCUT2D eigenvalue weighted by molar-refractivity contribution is 6.32. The Bertz CT molecular complexity index is 868. The molecule has 0 saturated heterocycles. The molecule has 2 aromatic rings. The zero-order chi connectivity index (χ0) is 17.8. The van der Waals surface area contributed by atoms with Gasteiger partial charge in [0.25, 0.3) is 0 Å². The molecule has 0 N–H and O–H groups in total. The minimum absolute atomic E-state index is 0.207. The molecule has 0 bridgehead atoms. The van der Waals surface area contributed by atoms with Gasteiger partial charge in [0.1, 0.15) is 23.9 Å². The van der Waals surface area contributed by atoms with Gasteiger partial charge in [0.15, 0.2) is 5.78 Å². The fourth-order valence-corrected chi connectivity index (χ4v) is 2.80. The van der Waals surface area contributed by atoms with E-state index >= 15 is 0 Å².